The topological polar surface area (TPSA) is 65.1 Å². The van der Waals surface area contributed by atoms with Crippen molar-refractivity contribution in [1.29, 1.82) is 0 Å². The maximum Gasteiger partial charge on any atom is 0.191 e. The summed E-state index contributed by atoms with van der Waals surface area (Å²) < 4.78 is 0. The van der Waals surface area contributed by atoms with Crippen molar-refractivity contribution in [2.24, 2.45) is 16.6 Å². The van der Waals surface area contributed by atoms with Gasteiger partial charge in [0.25, 0.3) is 0 Å². The van der Waals surface area contributed by atoms with E-state index >= 15 is 0 Å². The first kappa shape index (κ1) is 16.1. The summed E-state index contributed by atoms with van der Waals surface area (Å²) in [5, 5.41) is 9.22. The summed E-state index contributed by atoms with van der Waals surface area (Å²) in [6, 6.07) is 9.22. The number of aliphatic hydroxyl groups is 1. The van der Waals surface area contributed by atoms with E-state index in [1.165, 1.54) is 24.1 Å². The van der Waals surface area contributed by atoms with Crippen molar-refractivity contribution in [2.75, 3.05) is 31.6 Å². The lowest BCUT2D eigenvalue weighted by atomic mass is 9.97. The van der Waals surface area contributed by atoms with Crippen LogP contribution in [0.2, 0.25) is 0 Å². The number of piperidine rings is 1. The fourth-order valence-corrected chi connectivity index (χ4v) is 3.12. The number of hydrogen-bond donors (Lipinski definition) is 2. The molecule has 1 aliphatic carbocycles. The predicted octanol–water partition coefficient (Wildman–Crippen LogP) is 1.80. The van der Waals surface area contributed by atoms with Gasteiger partial charge in [-0.2, -0.15) is 0 Å². The first-order chi connectivity index (χ1) is 11.2. The van der Waals surface area contributed by atoms with Gasteiger partial charge in [-0.25, -0.2) is 4.99 Å². The van der Waals surface area contributed by atoms with E-state index < -0.39 is 0 Å². The summed E-state index contributed by atoms with van der Waals surface area (Å²) in [6.07, 6.45) is 4.61. The molecule has 1 aromatic carbocycles. The molecule has 3 rings (SSSR count). The van der Waals surface area contributed by atoms with Crippen LogP contribution in [0.1, 0.15) is 31.2 Å². The van der Waals surface area contributed by atoms with Gasteiger partial charge in [-0.3, -0.25) is 0 Å². The van der Waals surface area contributed by atoms with Gasteiger partial charge in [0.05, 0.1) is 6.54 Å². The first-order valence-corrected chi connectivity index (χ1v) is 8.65. The molecule has 126 valence electrons. The number of nitrogens with two attached hydrogens (primary N) is 1. The average Bonchev–Trinajstić information content (AvgIpc) is 3.44. The summed E-state index contributed by atoms with van der Waals surface area (Å²) >= 11 is 0. The Morgan fingerprint density at radius 3 is 2.43 bits per heavy atom. The number of nitrogens with zero attached hydrogens (tertiary/aromatic N) is 3. The van der Waals surface area contributed by atoms with Gasteiger partial charge in [0.15, 0.2) is 5.96 Å². The SMILES string of the molecule is CN(C(N)=NCc1ccc(N2CCC(CO)CC2)cc1)C1CC1. The van der Waals surface area contributed by atoms with Gasteiger partial charge in [-0.15, -0.1) is 0 Å². The van der Waals surface area contributed by atoms with E-state index in [-0.39, 0.29) is 0 Å². The number of anilines is 1. The van der Waals surface area contributed by atoms with Crippen LogP contribution in [-0.2, 0) is 6.54 Å². The Kier molecular flexibility index (Phi) is 5.06. The van der Waals surface area contributed by atoms with E-state index in [0.29, 0.717) is 31.1 Å². The fraction of sp³-hybridized carbons (Fsp3) is 0.611. The van der Waals surface area contributed by atoms with E-state index in [1.807, 2.05) is 7.05 Å². The lowest BCUT2D eigenvalue weighted by Gasteiger charge is -2.32. The molecule has 0 amide bonds. The second-order valence-corrected chi connectivity index (χ2v) is 6.80. The second kappa shape index (κ2) is 7.21. The minimum atomic E-state index is 0.321. The summed E-state index contributed by atoms with van der Waals surface area (Å²) in [4.78, 5) is 8.98. The van der Waals surface area contributed by atoms with Crippen molar-refractivity contribution in [3.8, 4) is 0 Å². The number of aliphatic imine (C=N–C) groups is 1. The highest BCUT2D eigenvalue weighted by atomic mass is 16.3. The Balaban J connectivity index is 1.54. The zero-order valence-electron chi connectivity index (χ0n) is 14.0. The predicted molar refractivity (Wildman–Crippen MR) is 94.6 cm³/mol. The number of benzene rings is 1. The monoisotopic (exact) mass is 316 g/mol. The summed E-state index contributed by atoms with van der Waals surface area (Å²) in [6.45, 7) is 3.01. The summed E-state index contributed by atoms with van der Waals surface area (Å²) in [5.41, 5.74) is 8.47. The van der Waals surface area contributed by atoms with E-state index in [2.05, 4.69) is 39.1 Å². The average molecular weight is 316 g/mol. The smallest absolute Gasteiger partial charge is 0.191 e. The van der Waals surface area contributed by atoms with E-state index in [4.69, 9.17) is 5.73 Å². The van der Waals surface area contributed by atoms with Crippen LogP contribution in [-0.4, -0.2) is 48.8 Å². The maximum atomic E-state index is 9.22. The molecule has 0 aromatic heterocycles. The van der Waals surface area contributed by atoms with Crippen LogP contribution < -0.4 is 10.6 Å². The van der Waals surface area contributed by atoms with Crippen LogP contribution in [0.25, 0.3) is 0 Å². The Morgan fingerprint density at radius 2 is 1.87 bits per heavy atom. The molecule has 0 atom stereocenters. The number of hydrogen-bond acceptors (Lipinski definition) is 3. The highest BCUT2D eigenvalue weighted by molar-refractivity contribution is 5.78. The third-order valence-electron chi connectivity index (χ3n) is 5.05. The Labute approximate surface area is 138 Å². The van der Waals surface area contributed by atoms with Crippen LogP contribution in [0, 0.1) is 5.92 Å². The van der Waals surface area contributed by atoms with Gasteiger partial charge in [0.2, 0.25) is 0 Å². The molecule has 0 radical (unpaired) electrons. The molecule has 2 aliphatic rings. The molecule has 2 fully saturated rings. The number of aliphatic hydroxyl groups excluding tert-OH is 1. The molecule has 23 heavy (non-hydrogen) atoms. The third kappa shape index (κ3) is 4.16. The molecule has 1 aromatic rings. The largest absolute Gasteiger partial charge is 0.396 e. The Hall–Kier alpha value is -1.75. The summed E-state index contributed by atoms with van der Waals surface area (Å²) in [5.74, 6) is 1.12. The first-order valence-electron chi connectivity index (χ1n) is 8.65. The minimum Gasteiger partial charge on any atom is -0.396 e. The van der Waals surface area contributed by atoms with Crippen LogP contribution in [0.4, 0.5) is 5.69 Å². The van der Waals surface area contributed by atoms with Crippen LogP contribution in [0.5, 0.6) is 0 Å². The molecule has 0 unspecified atom stereocenters. The van der Waals surface area contributed by atoms with Crippen LogP contribution in [0.15, 0.2) is 29.3 Å². The maximum absolute atomic E-state index is 9.22. The molecule has 1 saturated carbocycles. The van der Waals surface area contributed by atoms with Gasteiger partial charge in [-0.1, -0.05) is 12.1 Å². The van der Waals surface area contributed by atoms with E-state index in [9.17, 15) is 5.11 Å². The molecule has 0 bridgehead atoms. The van der Waals surface area contributed by atoms with Crippen LogP contribution >= 0.6 is 0 Å². The molecular weight excluding hydrogens is 288 g/mol. The fourth-order valence-electron chi connectivity index (χ4n) is 3.12. The van der Waals surface area contributed by atoms with E-state index in [1.54, 1.807) is 0 Å². The Morgan fingerprint density at radius 1 is 1.22 bits per heavy atom. The normalized spacial score (nSPS) is 19.9. The van der Waals surface area contributed by atoms with Crippen molar-refractivity contribution in [3.63, 3.8) is 0 Å². The minimum absolute atomic E-state index is 0.321. The number of rotatable bonds is 5. The van der Waals surface area contributed by atoms with Crippen LogP contribution in [0.3, 0.4) is 0 Å². The van der Waals surface area contributed by atoms with Gasteiger partial charge < -0.3 is 20.6 Å². The molecule has 3 N–H and O–H groups in total. The lowest BCUT2D eigenvalue weighted by molar-refractivity contribution is 0.203. The standard InChI is InChI=1S/C18H28N4O/c1-21(16-6-7-16)18(19)20-12-14-2-4-17(5-3-14)22-10-8-15(13-23)9-11-22/h2-5,15-16,23H,6-13H2,1H3,(H2,19,20). The van der Waals surface area contributed by atoms with Gasteiger partial charge in [0, 0.05) is 38.5 Å². The van der Waals surface area contributed by atoms with Gasteiger partial charge in [0.1, 0.15) is 0 Å². The lowest BCUT2D eigenvalue weighted by Crippen LogP contribution is -2.35. The highest BCUT2D eigenvalue weighted by Gasteiger charge is 2.27. The van der Waals surface area contributed by atoms with Crippen molar-refractivity contribution in [2.45, 2.75) is 38.3 Å². The summed E-state index contributed by atoms with van der Waals surface area (Å²) in [7, 11) is 2.02. The third-order valence-corrected chi connectivity index (χ3v) is 5.05. The molecule has 1 heterocycles. The van der Waals surface area contributed by atoms with Crippen molar-refractivity contribution >= 4 is 11.6 Å². The van der Waals surface area contributed by atoms with Crippen molar-refractivity contribution < 1.29 is 5.11 Å². The molecule has 0 spiro atoms. The highest BCUT2D eigenvalue weighted by Crippen LogP contribution is 2.25. The molecule has 1 aliphatic heterocycles. The van der Waals surface area contributed by atoms with Gasteiger partial charge in [-0.05, 0) is 49.3 Å². The Bertz CT molecular complexity index is 530. The zero-order valence-corrected chi connectivity index (χ0v) is 14.0. The molecular formula is C18H28N4O. The second-order valence-electron chi connectivity index (χ2n) is 6.80. The van der Waals surface area contributed by atoms with Crippen molar-refractivity contribution in [1.82, 2.24) is 4.90 Å². The molecule has 5 nitrogen and oxygen atoms in total. The quantitative estimate of drug-likeness (QED) is 0.642. The van der Waals surface area contributed by atoms with Crippen molar-refractivity contribution in [3.05, 3.63) is 29.8 Å². The zero-order chi connectivity index (χ0) is 16.2. The van der Waals surface area contributed by atoms with E-state index in [0.717, 1.165) is 25.9 Å². The molecule has 1 saturated heterocycles. The number of guanidine groups is 1. The molecule has 5 heteroatoms. The van der Waals surface area contributed by atoms with Gasteiger partial charge >= 0.3 is 0 Å².